The number of nitrogens with one attached hydrogen (secondary N) is 1. The first-order valence-electron chi connectivity index (χ1n) is 7.40. The minimum Gasteiger partial charge on any atom is -0.312 e. The number of carbonyl (C=O) groups is 2. The molecule has 1 aromatic rings. The second-order valence-corrected chi connectivity index (χ2v) is 5.62. The summed E-state index contributed by atoms with van der Waals surface area (Å²) in [4.78, 5) is 25.1. The first-order valence-corrected chi connectivity index (χ1v) is 7.40. The van der Waals surface area contributed by atoms with Gasteiger partial charge in [0.25, 0.3) is 0 Å². The zero-order valence-corrected chi connectivity index (χ0v) is 12.3. The summed E-state index contributed by atoms with van der Waals surface area (Å²) in [5.74, 6) is 0.268. The van der Waals surface area contributed by atoms with Crippen molar-refractivity contribution in [1.82, 2.24) is 5.43 Å². The molecule has 2 aliphatic rings. The van der Waals surface area contributed by atoms with Crippen LogP contribution in [0, 0.1) is 5.92 Å². The molecule has 1 N–H and O–H groups in total. The highest BCUT2D eigenvalue weighted by Crippen LogP contribution is 2.30. The Balaban J connectivity index is 1.97. The summed E-state index contributed by atoms with van der Waals surface area (Å²) in [6, 6.07) is 6.10. The third-order valence-corrected chi connectivity index (χ3v) is 4.15. The summed E-state index contributed by atoms with van der Waals surface area (Å²) in [7, 11) is 0. The van der Waals surface area contributed by atoms with E-state index in [1.54, 1.807) is 0 Å². The van der Waals surface area contributed by atoms with E-state index < -0.39 is 0 Å². The summed E-state index contributed by atoms with van der Waals surface area (Å²) < 4.78 is 0. The van der Waals surface area contributed by atoms with E-state index in [1.807, 2.05) is 30.9 Å². The zero-order valence-electron chi connectivity index (χ0n) is 12.3. The first kappa shape index (κ1) is 13.8. The molecule has 0 saturated heterocycles. The highest BCUT2D eigenvalue weighted by molar-refractivity contribution is 6.06. The molecule has 3 rings (SSSR count). The SMILES string of the molecule is CCN1C(=O)CCc2cc(C3=NNC(=O)CC3C)ccc21. The van der Waals surface area contributed by atoms with Crippen LogP contribution in [0.1, 0.15) is 37.8 Å². The van der Waals surface area contributed by atoms with Crippen molar-refractivity contribution in [3.63, 3.8) is 0 Å². The molecule has 0 aromatic heterocycles. The van der Waals surface area contributed by atoms with Gasteiger partial charge in [-0.15, -0.1) is 0 Å². The smallest absolute Gasteiger partial charge is 0.240 e. The van der Waals surface area contributed by atoms with Gasteiger partial charge < -0.3 is 4.90 Å². The van der Waals surface area contributed by atoms with Crippen LogP contribution in [-0.4, -0.2) is 24.1 Å². The van der Waals surface area contributed by atoms with Gasteiger partial charge in [-0.1, -0.05) is 13.0 Å². The molecular formula is C16H19N3O2. The van der Waals surface area contributed by atoms with Crippen molar-refractivity contribution >= 4 is 23.2 Å². The lowest BCUT2D eigenvalue weighted by Gasteiger charge is -2.29. The summed E-state index contributed by atoms with van der Waals surface area (Å²) >= 11 is 0. The van der Waals surface area contributed by atoms with Crippen molar-refractivity contribution in [3.8, 4) is 0 Å². The molecule has 5 nitrogen and oxygen atoms in total. The predicted molar refractivity (Wildman–Crippen MR) is 81.3 cm³/mol. The predicted octanol–water partition coefficient (Wildman–Crippen LogP) is 1.85. The molecule has 2 heterocycles. The maximum atomic E-state index is 11.9. The average Bonchev–Trinajstić information content (AvgIpc) is 2.47. The lowest BCUT2D eigenvalue weighted by Crippen LogP contribution is -2.35. The Kier molecular flexibility index (Phi) is 3.49. The van der Waals surface area contributed by atoms with Crippen LogP contribution < -0.4 is 10.3 Å². The van der Waals surface area contributed by atoms with Crippen LogP contribution in [0.3, 0.4) is 0 Å². The molecule has 2 aliphatic heterocycles. The number of hydrogen-bond donors (Lipinski definition) is 1. The van der Waals surface area contributed by atoms with Gasteiger partial charge in [0.2, 0.25) is 11.8 Å². The summed E-state index contributed by atoms with van der Waals surface area (Å²) in [5.41, 5.74) is 6.69. The quantitative estimate of drug-likeness (QED) is 0.901. The van der Waals surface area contributed by atoms with Gasteiger partial charge in [0.15, 0.2) is 0 Å². The van der Waals surface area contributed by atoms with Crippen LogP contribution in [0.5, 0.6) is 0 Å². The third-order valence-electron chi connectivity index (χ3n) is 4.15. The summed E-state index contributed by atoms with van der Waals surface area (Å²) in [5, 5.41) is 4.20. The van der Waals surface area contributed by atoms with Crippen LogP contribution in [0.2, 0.25) is 0 Å². The number of carbonyl (C=O) groups excluding carboxylic acids is 2. The Bertz CT molecular complexity index is 636. The number of hydrogen-bond acceptors (Lipinski definition) is 3. The maximum Gasteiger partial charge on any atom is 0.240 e. The monoisotopic (exact) mass is 285 g/mol. The van der Waals surface area contributed by atoms with Crippen molar-refractivity contribution in [3.05, 3.63) is 29.3 Å². The Labute approximate surface area is 124 Å². The molecule has 1 unspecified atom stereocenters. The number of amides is 2. The van der Waals surface area contributed by atoms with E-state index in [0.717, 1.165) is 23.4 Å². The number of aryl methyl sites for hydroxylation is 1. The van der Waals surface area contributed by atoms with Gasteiger partial charge >= 0.3 is 0 Å². The first-order chi connectivity index (χ1) is 10.1. The molecule has 21 heavy (non-hydrogen) atoms. The highest BCUT2D eigenvalue weighted by Gasteiger charge is 2.26. The fourth-order valence-corrected chi connectivity index (χ4v) is 3.07. The lowest BCUT2D eigenvalue weighted by atomic mass is 9.91. The molecule has 0 saturated carbocycles. The second kappa shape index (κ2) is 5.31. The van der Waals surface area contributed by atoms with Gasteiger partial charge in [-0.05, 0) is 36.6 Å². The third kappa shape index (κ3) is 2.44. The summed E-state index contributed by atoms with van der Waals surface area (Å²) in [6.07, 6.45) is 1.80. The largest absolute Gasteiger partial charge is 0.312 e. The van der Waals surface area contributed by atoms with Crippen molar-refractivity contribution in [2.24, 2.45) is 11.0 Å². The van der Waals surface area contributed by atoms with Gasteiger partial charge in [-0.25, -0.2) is 5.43 Å². The van der Waals surface area contributed by atoms with Gasteiger partial charge in [-0.3, -0.25) is 9.59 Å². The van der Waals surface area contributed by atoms with Gasteiger partial charge in [-0.2, -0.15) is 5.10 Å². The lowest BCUT2D eigenvalue weighted by molar-refractivity contribution is -0.122. The Morgan fingerprint density at radius 3 is 2.86 bits per heavy atom. The molecule has 1 atom stereocenters. The topological polar surface area (TPSA) is 61.8 Å². The van der Waals surface area contributed by atoms with Crippen LogP contribution >= 0.6 is 0 Å². The van der Waals surface area contributed by atoms with E-state index in [0.29, 0.717) is 19.4 Å². The van der Waals surface area contributed by atoms with Crippen molar-refractivity contribution in [1.29, 1.82) is 0 Å². The number of rotatable bonds is 2. The van der Waals surface area contributed by atoms with E-state index in [-0.39, 0.29) is 17.7 Å². The second-order valence-electron chi connectivity index (χ2n) is 5.62. The molecule has 2 amide bonds. The highest BCUT2D eigenvalue weighted by atomic mass is 16.2. The molecule has 5 heteroatoms. The minimum atomic E-state index is -0.0352. The molecule has 0 fully saturated rings. The Morgan fingerprint density at radius 2 is 2.14 bits per heavy atom. The number of hydrazone groups is 1. The van der Waals surface area contributed by atoms with E-state index in [4.69, 9.17) is 0 Å². The average molecular weight is 285 g/mol. The van der Waals surface area contributed by atoms with Crippen molar-refractivity contribution in [2.75, 3.05) is 11.4 Å². The Hall–Kier alpha value is -2.17. The van der Waals surface area contributed by atoms with E-state index in [1.165, 1.54) is 5.56 Å². The molecule has 0 aliphatic carbocycles. The van der Waals surface area contributed by atoms with Crippen LogP contribution in [0.25, 0.3) is 0 Å². The fraction of sp³-hybridized carbons (Fsp3) is 0.438. The number of benzene rings is 1. The van der Waals surface area contributed by atoms with Gasteiger partial charge in [0.05, 0.1) is 5.71 Å². The minimum absolute atomic E-state index is 0.0352. The zero-order chi connectivity index (χ0) is 15.0. The number of nitrogens with zero attached hydrogens (tertiary/aromatic N) is 2. The summed E-state index contributed by atoms with van der Waals surface area (Å²) in [6.45, 7) is 4.70. The number of anilines is 1. The van der Waals surface area contributed by atoms with Gasteiger partial charge in [0.1, 0.15) is 0 Å². The van der Waals surface area contributed by atoms with Crippen LogP contribution in [0.15, 0.2) is 23.3 Å². The molecule has 0 radical (unpaired) electrons. The molecule has 0 spiro atoms. The molecule has 110 valence electrons. The molecule has 1 aromatic carbocycles. The normalized spacial score (nSPS) is 21.7. The fourth-order valence-electron chi connectivity index (χ4n) is 3.07. The number of fused-ring (bicyclic) bond motifs is 1. The van der Waals surface area contributed by atoms with Gasteiger partial charge in [0, 0.05) is 31.0 Å². The van der Waals surface area contributed by atoms with Crippen LogP contribution in [-0.2, 0) is 16.0 Å². The standard InChI is InChI=1S/C16H19N3O2/c1-3-19-13-6-4-12(9-11(13)5-7-15(19)21)16-10(2)8-14(20)17-18-16/h4,6,9-10H,3,5,7-8H2,1-2H3,(H,17,20). The molecular weight excluding hydrogens is 266 g/mol. The molecule has 0 bridgehead atoms. The van der Waals surface area contributed by atoms with E-state index >= 15 is 0 Å². The Morgan fingerprint density at radius 1 is 1.33 bits per heavy atom. The van der Waals surface area contributed by atoms with E-state index in [2.05, 4.69) is 16.6 Å². The van der Waals surface area contributed by atoms with Crippen molar-refractivity contribution < 1.29 is 9.59 Å². The maximum absolute atomic E-state index is 11.9. The van der Waals surface area contributed by atoms with Crippen molar-refractivity contribution in [2.45, 2.75) is 33.1 Å². The van der Waals surface area contributed by atoms with E-state index in [9.17, 15) is 9.59 Å². The van der Waals surface area contributed by atoms with Crippen LogP contribution in [0.4, 0.5) is 5.69 Å².